The summed E-state index contributed by atoms with van der Waals surface area (Å²) in [6.45, 7) is 20.7. The highest BCUT2D eigenvalue weighted by Crippen LogP contribution is 2.31. The van der Waals surface area contributed by atoms with Gasteiger partial charge in [0.25, 0.3) is 0 Å². The number of epoxide rings is 1. The summed E-state index contributed by atoms with van der Waals surface area (Å²) in [4.78, 5) is 0. The molecule has 1 aliphatic rings. The highest BCUT2D eigenvalue weighted by molar-refractivity contribution is 6.89. The highest BCUT2D eigenvalue weighted by Gasteiger charge is 2.47. The van der Waals surface area contributed by atoms with Gasteiger partial charge in [0, 0.05) is 6.04 Å². The minimum absolute atomic E-state index is 0.347. The zero-order valence-electron chi connectivity index (χ0n) is 14.6. The first-order chi connectivity index (χ1) is 8.70. The van der Waals surface area contributed by atoms with Crippen molar-refractivity contribution in [3.05, 3.63) is 0 Å². The summed E-state index contributed by atoms with van der Waals surface area (Å²) < 4.78 is 24.8. The first-order valence-electron chi connectivity index (χ1n) is 7.42. The van der Waals surface area contributed by atoms with Crippen LogP contribution in [-0.2, 0) is 17.1 Å². The topological polar surface area (TPSA) is 40.2 Å². The van der Waals surface area contributed by atoms with Crippen molar-refractivity contribution in [2.24, 2.45) is 0 Å². The lowest BCUT2D eigenvalue weighted by atomic mass is 10.6. The summed E-state index contributed by atoms with van der Waals surface area (Å²) in [5.41, 5.74) is 0. The summed E-state index contributed by atoms with van der Waals surface area (Å²) in [5, 5.41) is 0. The van der Waals surface area contributed by atoms with E-state index in [1.54, 1.807) is 0 Å². The molecule has 0 saturated carbocycles. The molecule has 0 aromatic carbocycles. The molecule has 0 N–H and O–H groups in total. The molecule has 0 spiro atoms. The fourth-order valence-electron chi connectivity index (χ4n) is 2.63. The zero-order valence-corrected chi connectivity index (χ0v) is 18.6. The summed E-state index contributed by atoms with van der Waals surface area (Å²) in [6, 6.07) is 0.933. The molecule has 0 bridgehead atoms. The molecular weight excluding hydrogens is 320 g/mol. The molecule has 0 aromatic heterocycles. The largest absolute Gasteiger partial charge is 0.437 e. The average molecular weight is 353 g/mol. The van der Waals surface area contributed by atoms with E-state index in [0.717, 1.165) is 12.7 Å². The van der Waals surface area contributed by atoms with Crippen molar-refractivity contribution in [3.8, 4) is 0 Å². The second-order valence-corrected chi connectivity index (χ2v) is 24.6. The predicted octanol–water partition coefficient (Wildman–Crippen LogP) is 3.88. The van der Waals surface area contributed by atoms with Gasteiger partial charge in [-0.3, -0.25) is 0 Å². The molecular formula is C12H32O4Si4. The van der Waals surface area contributed by atoms with Crippen LogP contribution in [0.15, 0.2) is 0 Å². The van der Waals surface area contributed by atoms with Crippen molar-refractivity contribution >= 4 is 33.8 Å². The minimum atomic E-state index is -2.22. The van der Waals surface area contributed by atoms with Gasteiger partial charge >= 0.3 is 17.1 Å². The lowest BCUT2D eigenvalue weighted by Gasteiger charge is -2.41. The fraction of sp³-hybridized carbons (Fsp3) is 1.00. The van der Waals surface area contributed by atoms with Gasteiger partial charge in [-0.1, -0.05) is 0 Å². The Balaban J connectivity index is 2.77. The molecule has 8 heteroatoms. The Kier molecular flexibility index (Phi) is 5.69. The van der Waals surface area contributed by atoms with Crippen molar-refractivity contribution in [2.75, 3.05) is 6.61 Å². The third-order valence-corrected chi connectivity index (χ3v) is 16.0. The number of ether oxygens (including phenoxy) is 1. The molecule has 0 radical (unpaired) electrons. The molecule has 120 valence electrons. The van der Waals surface area contributed by atoms with Crippen LogP contribution in [0.25, 0.3) is 0 Å². The fourth-order valence-corrected chi connectivity index (χ4v) is 20.7. The van der Waals surface area contributed by atoms with Gasteiger partial charge in [0.2, 0.25) is 0 Å². The lowest BCUT2D eigenvalue weighted by Crippen LogP contribution is -2.57. The second-order valence-electron chi connectivity index (χ2n) is 8.22. The Bertz CT molecular complexity index is 333. The summed E-state index contributed by atoms with van der Waals surface area (Å²) in [7, 11) is -7.60. The van der Waals surface area contributed by atoms with E-state index in [1.807, 2.05) is 0 Å². The molecule has 1 heterocycles. The van der Waals surface area contributed by atoms with E-state index in [9.17, 15) is 0 Å². The Morgan fingerprint density at radius 3 is 1.60 bits per heavy atom. The molecule has 4 nitrogen and oxygen atoms in total. The van der Waals surface area contributed by atoms with Gasteiger partial charge in [0.05, 0.1) is 12.7 Å². The van der Waals surface area contributed by atoms with Crippen molar-refractivity contribution in [1.29, 1.82) is 0 Å². The number of rotatable bonds is 8. The van der Waals surface area contributed by atoms with Gasteiger partial charge in [-0.2, -0.15) is 0 Å². The van der Waals surface area contributed by atoms with Gasteiger partial charge in [0.1, 0.15) is 0 Å². The van der Waals surface area contributed by atoms with Crippen LogP contribution in [0.3, 0.4) is 0 Å². The maximum absolute atomic E-state index is 6.55. The molecule has 2 atom stereocenters. The van der Waals surface area contributed by atoms with Crippen LogP contribution in [0.2, 0.25) is 65.0 Å². The molecule has 1 saturated heterocycles. The Labute approximate surface area is 128 Å². The summed E-state index contributed by atoms with van der Waals surface area (Å²) >= 11 is 0. The number of hydrogen-bond donors (Lipinski definition) is 0. The quantitative estimate of drug-likeness (QED) is 0.491. The van der Waals surface area contributed by atoms with E-state index in [2.05, 4.69) is 58.9 Å². The van der Waals surface area contributed by atoms with Gasteiger partial charge in [0.15, 0.2) is 16.6 Å². The van der Waals surface area contributed by atoms with Gasteiger partial charge < -0.3 is 17.1 Å². The first kappa shape index (κ1) is 18.8. The van der Waals surface area contributed by atoms with Gasteiger partial charge in [-0.25, -0.2) is 0 Å². The van der Waals surface area contributed by atoms with E-state index >= 15 is 0 Å². The molecule has 2 unspecified atom stereocenters. The van der Waals surface area contributed by atoms with E-state index in [0.29, 0.717) is 6.10 Å². The molecule has 1 aliphatic heterocycles. The zero-order chi connectivity index (χ0) is 15.8. The Morgan fingerprint density at radius 2 is 1.25 bits per heavy atom. The van der Waals surface area contributed by atoms with E-state index in [1.165, 1.54) is 0 Å². The minimum Gasteiger partial charge on any atom is -0.437 e. The van der Waals surface area contributed by atoms with E-state index < -0.39 is 33.8 Å². The van der Waals surface area contributed by atoms with Crippen molar-refractivity contribution in [1.82, 2.24) is 0 Å². The molecule has 20 heavy (non-hydrogen) atoms. The SMILES string of the molecule is C[Si](C)(C)O[Si](C)(C)O[Si](C)(CC1CO1)O[Si](C)(C)C. The first-order valence-corrected chi connectivity index (χ1v) is 19.6. The van der Waals surface area contributed by atoms with E-state index in [4.69, 9.17) is 17.1 Å². The second kappa shape index (κ2) is 6.07. The van der Waals surface area contributed by atoms with Gasteiger partial charge in [-0.05, 0) is 58.9 Å². The van der Waals surface area contributed by atoms with Crippen molar-refractivity contribution in [2.45, 2.75) is 71.1 Å². The number of hydrogen-bond acceptors (Lipinski definition) is 4. The third kappa shape index (κ3) is 8.22. The molecule has 0 amide bonds. The highest BCUT2D eigenvalue weighted by atomic mass is 28.5. The Morgan fingerprint density at radius 1 is 0.800 bits per heavy atom. The van der Waals surface area contributed by atoms with Crippen LogP contribution < -0.4 is 0 Å². The van der Waals surface area contributed by atoms with Gasteiger partial charge in [-0.15, -0.1) is 0 Å². The maximum Gasteiger partial charge on any atom is 0.318 e. The Hall–Kier alpha value is 0.708. The van der Waals surface area contributed by atoms with Crippen LogP contribution in [0.4, 0.5) is 0 Å². The van der Waals surface area contributed by atoms with Crippen LogP contribution in [0, 0.1) is 0 Å². The third-order valence-electron chi connectivity index (χ3n) is 2.54. The molecule has 1 rings (SSSR count). The van der Waals surface area contributed by atoms with Crippen LogP contribution in [0.1, 0.15) is 0 Å². The monoisotopic (exact) mass is 352 g/mol. The van der Waals surface area contributed by atoms with Crippen LogP contribution in [0.5, 0.6) is 0 Å². The van der Waals surface area contributed by atoms with Crippen LogP contribution in [-0.4, -0.2) is 46.5 Å². The molecule has 0 aliphatic carbocycles. The summed E-state index contributed by atoms with van der Waals surface area (Å²) in [5.74, 6) is 0. The maximum atomic E-state index is 6.55. The predicted molar refractivity (Wildman–Crippen MR) is 93.6 cm³/mol. The van der Waals surface area contributed by atoms with Crippen LogP contribution >= 0.6 is 0 Å². The summed E-state index contributed by atoms with van der Waals surface area (Å²) in [6.07, 6.45) is 0.347. The average Bonchev–Trinajstić information content (AvgIpc) is 2.74. The molecule has 0 aromatic rings. The van der Waals surface area contributed by atoms with Crippen molar-refractivity contribution < 1.29 is 17.1 Å². The smallest absolute Gasteiger partial charge is 0.318 e. The normalized spacial score (nSPS) is 23.6. The van der Waals surface area contributed by atoms with E-state index in [-0.39, 0.29) is 0 Å². The standard InChI is InChI=1S/C12H32O4Si4/c1-17(2,3)14-19(7,8)16-20(9,11-12-10-13-12)15-18(4,5)6/h12H,10-11H2,1-9H3. The lowest BCUT2D eigenvalue weighted by molar-refractivity contribution is 0.314. The molecule has 1 fully saturated rings. The van der Waals surface area contributed by atoms with Crippen molar-refractivity contribution in [3.63, 3.8) is 0 Å².